The van der Waals surface area contributed by atoms with Crippen LogP contribution in [0, 0.1) is 5.92 Å². The molecule has 3 rings (SSSR count). The number of anilines is 3. The molecular formula is C15H21N3O. The lowest BCUT2D eigenvalue weighted by Gasteiger charge is -2.13. The van der Waals surface area contributed by atoms with Crippen LogP contribution in [0.4, 0.5) is 17.1 Å². The predicted molar refractivity (Wildman–Crippen MR) is 78.3 cm³/mol. The zero-order valence-electron chi connectivity index (χ0n) is 11.2. The molecule has 4 N–H and O–H groups in total. The third kappa shape index (κ3) is 2.67. The first-order chi connectivity index (χ1) is 9.22. The predicted octanol–water partition coefficient (Wildman–Crippen LogP) is 2.76. The molecule has 0 unspecified atom stereocenters. The molecule has 19 heavy (non-hydrogen) atoms. The molecule has 0 saturated heterocycles. The Morgan fingerprint density at radius 3 is 2.89 bits per heavy atom. The number of hydrogen-bond acceptors (Lipinski definition) is 3. The summed E-state index contributed by atoms with van der Waals surface area (Å²) >= 11 is 0. The maximum absolute atomic E-state index is 11.3. The maximum atomic E-state index is 11.3. The zero-order chi connectivity index (χ0) is 13.2. The Hall–Kier alpha value is -1.71. The van der Waals surface area contributed by atoms with Crippen LogP contribution in [0.2, 0.25) is 0 Å². The second kappa shape index (κ2) is 5.11. The maximum Gasteiger partial charge on any atom is 0.228 e. The van der Waals surface area contributed by atoms with E-state index in [4.69, 9.17) is 5.73 Å². The van der Waals surface area contributed by atoms with E-state index in [1.165, 1.54) is 32.1 Å². The SMILES string of the molecule is Nc1cc2c(cc1NCCC1CCCC1)NC(=O)C2. The molecule has 1 aromatic carbocycles. The number of benzene rings is 1. The van der Waals surface area contributed by atoms with Gasteiger partial charge in [0.05, 0.1) is 17.8 Å². The number of amides is 1. The molecule has 1 amide bonds. The van der Waals surface area contributed by atoms with Gasteiger partial charge < -0.3 is 16.4 Å². The molecule has 102 valence electrons. The summed E-state index contributed by atoms with van der Waals surface area (Å²) in [6.45, 7) is 0.960. The smallest absolute Gasteiger partial charge is 0.228 e. The zero-order valence-corrected chi connectivity index (χ0v) is 11.2. The van der Waals surface area contributed by atoms with Gasteiger partial charge in [0.15, 0.2) is 0 Å². The Morgan fingerprint density at radius 2 is 2.11 bits per heavy atom. The lowest BCUT2D eigenvalue weighted by molar-refractivity contribution is -0.115. The van der Waals surface area contributed by atoms with Crippen molar-refractivity contribution in [1.29, 1.82) is 0 Å². The van der Waals surface area contributed by atoms with Gasteiger partial charge in [-0.2, -0.15) is 0 Å². The summed E-state index contributed by atoms with van der Waals surface area (Å²) in [7, 11) is 0. The Bertz CT molecular complexity index is 492. The first kappa shape index (κ1) is 12.3. The quantitative estimate of drug-likeness (QED) is 0.728. The van der Waals surface area contributed by atoms with E-state index in [1.54, 1.807) is 0 Å². The molecule has 1 aromatic rings. The largest absolute Gasteiger partial charge is 0.397 e. The fourth-order valence-electron chi connectivity index (χ4n) is 3.16. The van der Waals surface area contributed by atoms with Crippen LogP contribution in [-0.2, 0) is 11.2 Å². The van der Waals surface area contributed by atoms with Crippen molar-refractivity contribution in [3.8, 4) is 0 Å². The minimum Gasteiger partial charge on any atom is -0.397 e. The molecule has 0 atom stereocenters. The van der Waals surface area contributed by atoms with Gasteiger partial charge in [0.2, 0.25) is 5.91 Å². The molecule has 0 aromatic heterocycles. The summed E-state index contributed by atoms with van der Waals surface area (Å²) < 4.78 is 0. The number of nitrogen functional groups attached to an aromatic ring is 1. The van der Waals surface area contributed by atoms with E-state index in [2.05, 4.69) is 10.6 Å². The van der Waals surface area contributed by atoms with Gasteiger partial charge in [-0.1, -0.05) is 25.7 Å². The monoisotopic (exact) mass is 259 g/mol. The molecule has 0 bridgehead atoms. The summed E-state index contributed by atoms with van der Waals surface area (Å²) in [6.07, 6.45) is 7.18. The number of rotatable bonds is 4. The second-order valence-electron chi connectivity index (χ2n) is 5.69. The van der Waals surface area contributed by atoms with E-state index in [9.17, 15) is 4.79 Å². The molecule has 0 spiro atoms. The van der Waals surface area contributed by atoms with Gasteiger partial charge in [0.25, 0.3) is 0 Å². The summed E-state index contributed by atoms with van der Waals surface area (Å²) in [5.41, 5.74) is 9.62. The van der Waals surface area contributed by atoms with Crippen LogP contribution in [0.25, 0.3) is 0 Å². The Labute approximate surface area is 113 Å². The molecule has 4 nitrogen and oxygen atoms in total. The molecule has 2 aliphatic rings. The highest BCUT2D eigenvalue weighted by atomic mass is 16.1. The molecule has 1 heterocycles. The minimum atomic E-state index is 0.0532. The van der Waals surface area contributed by atoms with Gasteiger partial charge in [0.1, 0.15) is 0 Å². The molecule has 1 saturated carbocycles. The molecule has 4 heteroatoms. The Kier molecular flexibility index (Phi) is 3.32. The van der Waals surface area contributed by atoms with Crippen LogP contribution in [-0.4, -0.2) is 12.5 Å². The van der Waals surface area contributed by atoms with Crippen molar-refractivity contribution in [2.75, 3.05) is 22.9 Å². The number of nitrogens with two attached hydrogens (primary N) is 1. The van der Waals surface area contributed by atoms with Crippen molar-refractivity contribution >= 4 is 23.0 Å². The number of hydrogen-bond donors (Lipinski definition) is 3. The third-order valence-electron chi connectivity index (χ3n) is 4.24. The van der Waals surface area contributed by atoms with Crippen LogP contribution < -0.4 is 16.4 Å². The average Bonchev–Trinajstić information content (AvgIpc) is 2.98. The van der Waals surface area contributed by atoms with E-state index in [0.29, 0.717) is 6.42 Å². The molecule has 1 fully saturated rings. The fourth-order valence-corrected chi connectivity index (χ4v) is 3.16. The van der Waals surface area contributed by atoms with Crippen molar-refractivity contribution in [2.24, 2.45) is 5.92 Å². The minimum absolute atomic E-state index is 0.0532. The van der Waals surface area contributed by atoms with E-state index in [-0.39, 0.29) is 5.91 Å². The summed E-state index contributed by atoms with van der Waals surface area (Å²) in [5, 5.41) is 6.27. The summed E-state index contributed by atoms with van der Waals surface area (Å²) in [5.74, 6) is 0.931. The van der Waals surface area contributed by atoms with Crippen molar-refractivity contribution in [2.45, 2.75) is 38.5 Å². The van der Waals surface area contributed by atoms with Gasteiger partial charge in [-0.15, -0.1) is 0 Å². The van der Waals surface area contributed by atoms with Crippen LogP contribution in [0.1, 0.15) is 37.7 Å². The van der Waals surface area contributed by atoms with E-state index < -0.39 is 0 Å². The lowest BCUT2D eigenvalue weighted by Crippen LogP contribution is -2.08. The van der Waals surface area contributed by atoms with Crippen molar-refractivity contribution in [1.82, 2.24) is 0 Å². The normalized spacial score (nSPS) is 18.4. The van der Waals surface area contributed by atoms with E-state index >= 15 is 0 Å². The van der Waals surface area contributed by atoms with Gasteiger partial charge in [0, 0.05) is 12.2 Å². The Morgan fingerprint density at radius 1 is 1.32 bits per heavy atom. The van der Waals surface area contributed by atoms with Gasteiger partial charge in [-0.3, -0.25) is 4.79 Å². The van der Waals surface area contributed by atoms with Crippen molar-refractivity contribution in [3.63, 3.8) is 0 Å². The second-order valence-corrected chi connectivity index (χ2v) is 5.69. The van der Waals surface area contributed by atoms with Crippen LogP contribution in [0.5, 0.6) is 0 Å². The molecule has 1 aliphatic carbocycles. The Balaban J connectivity index is 1.61. The van der Waals surface area contributed by atoms with Crippen molar-refractivity contribution in [3.05, 3.63) is 17.7 Å². The van der Waals surface area contributed by atoms with Crippen LogP contribution >= 0.6 is 0 Å². The number of fused-ring (bicyclic) bond motifs is 1. The van der Waals surface area contributed by atoms with Crippen LogP contribution in [0.3, 0.4) is 0 Å². The standard InChI is InChI=1S/C15H21N3O/c16-12-7-11-8-15(19)18-13(11)9-14(12)17-6-5-10-3-1-2-4-10/h7,9-10,17H,1-6,8,16H2,(H,18,19). The molecular weight excluding hydrogens is 238 g/mol. The van der Waals surface area contributed by atoms with Crippen LogP contribution in [0.15, 0.2) is 12.1 Å². The molecule has 1 aliphatic heterocycles. The highest BCUT2D eigenvalue weighted by Gasteiger charge is 2.19. The van der Waals surface area contributed by atoms with E-state index in [0.717, 1.165) is 35.1 Å². The number of nitrogens with one attached hydrogen (secondary N) is 2. The van der Waals surface area contributed by atoms with E-state index in [1.807, 2.05) is 12.1 Å². The molecule has 0 radical (unpaired) electrons. The summed E-state index contributed by atoms with van der Waals surface area (Å²) in [6, 6.07) is 3.87. The number of carbonyl (C=O) groups is 1. The highest BCUT2D eigenvalue weighted by molar-refractivity contribution is 6.00. The van der Waals surface area contributed by atoms with Gasteiger partial charge >= 0.3 is 0 Å². The number of carbonyl (C=O) groups excluding carboxylic acids is 1. The first-order valence-electron chi connectivity index (χ1n) is 7.18. The fraction of sp³-hybridized carbons (Fsp3) is 0.533. The topological polar surface area (TPSA) is 67.2 Å². The highest BCUT2D eigenvalue weighted by Crippen LogP contribution is 2.32. The average molecular weight is 259 g/mol. The lowest BCUT2D eigenvalue weighted by atomic mass is 10.0. The van der Waals surface area contributed by atoms with Gasteiger partial charge in [-0.05, 0) is 30.0 Å². The first-order valence-corrected chi connectivity index (χ1v) is 7.18. The van der Waals surface area contributed by atoms with Crippen molar-refractivity contribution < 1.29 is 4.79 Å². The summed E-state index contributed by atoms with van der Waals surface area (Å²) in [4.78, 5) is 11.3. The third-order valence-corrected chi connectivity index (χ3v) is 4.24. The van der Waals surface area contributed by atoms with Gasteiger partial charge in [-0.25, -0.2) is 0 Å².